The maximum atomic E-state index is 13.1. The van der Waals surface area contributed by atoms with E-state index in [-0.39, 0.29) is 24.2 Å². The number of carbonyl (C=O) groups is 1. The van der Waals surface area contributed by atoms with E-state index in [0.717, 1.165) is 55.2 Å². The van der Waals surface area contributed by atoms with E-state index in [9.17, 15) is 9.59 Å². The van der Waals surface area contributed by atoms with Crippen LogP contribution in [0.4, 0.5) is 5.13 Å². The summed E-state index contributed by atoms with van der Waals surface area (Å²) in [5.74, 6) is 1.66. The van der Waals surface area contributed by atoms with Gasteiger partial charge in [0.15, 0.2) is 22.3 Å². The number of hydrogen-bond donors (Lipinski definition) is 1. The Morgan fingerprint density at radius 1 is 1.16 bits per heavy atom. The second kappa shape index (κ2) is 7.77. The number of carbonyl (C=O) groups excluding carboxylic acids is 1. The lowest BCUT2D eigenvalue weighted by atomic mass is 9.96. The molecule has 1 N–H and O–H groups in total. The van der Waals surface area contributed by atoms with Gasteiger partial charge >= 0.3 is 0 Å². The van der Waals surface area contributed by atoms with Gasteiger partial charge in [-0.05, 0) is 43.4 Å². The lowest BCUT2D eigenvalue weighted by Crippen LogP contribution is -2.41. The number of nitrogens with zero attached hydrogens (tertiary/aromatic N) is 4. The molecule has 166 valence electrons. The fourth-order valence-corrected chi connectivity index (χ4v) is 5.22. The van der Waals surface area contributed by atoms with Crippen LogP contribution >= 0.6 is 11.3 Å². The van der Waals surface area contributed by atoms with Crippen molar-refractivity contribution in [2.75, 3.05) is 24.8 Å². The van der Waals surface area contributed by atoms with E-state index in [0.29, 0.717) is 28.7 Å². The van der Waals surface area contributed by atoms with Crippen molar-refractivity contribution in [2.24, 2.45) is 5.92 Å². The van der Waals surface area contributed by atoms with Gasteiger partial charge in [-0.2, -0.15) is 4.98 Å². The van der Waals surface area contributed by atoms with Crippen molar-refractivity contribution >= 4 is 32.7 Å². The summed E-state index contributed by atoms with van der Waals surface area (Å²) in [6.07, 6.45) is 5.37. The highest BCUT2D eigenvalue weighted by molar-refractivity contribution is 7.22. The summed E-state index contributed by atoms with van der Waals surface area (Å²) in [4.78, 5) is 36.6. The van der Waals surface area contributed by atoms with Crippen LogP contribution in [0, 0.1) is 5.92 Å². The van der Waals surface area contributed by atoms with Crippen molar-refractivity contribution in [2.45, 2.75) is 38.3 Å². The molecule has 10 heteroatoms. The Morgan fingerprint density at radius 3 is 2.78 bits per heavy atom. The van der Waals surface area contributed by atoms with E-state index >= 15 is 0 Å². The van der Waals surface area contributed by atoms with Crippen molar-refractivity contribution in [3.8, 4) is 11.5 Å². The summed E-state index contributed by atoms with van der Waals surface area (Å²) in [6, 6.07) is 6.07. The summed E-state index contributed by atoms with van der Waals surface area (Å²) < 4.78 is 12.9. The van der Waals surface area contributed by atoms with Crippen molar-refractivity contribution in [1.29, 1.82) is 0 Å². The normalized spacial score (nSPS) is 18.3. The maximum absolute atomic E-state index is 13.1. The van der Waals surface area contributed by atoms with Crippen LogP contribution in [-0.4, -0.2) is 46.4 Å². The molecule has 1 aromatic carbocycles. The van der Waals surface area contributed by atoms with Crippen LogP contribution < -0.4 is 25.2 Å². The number of benzene rings is 1. The Labute approximate surface area is 188 Å². The molecule has 2 fully saturated rings. The molecule has 2 aliphatic heterocycles. The SMILES string of the molecule is O=C(NC1CC1)C1CCN(c2nc3ncn(Cc4ccc5c(c4)OCO5)c(=O)c3s2)CC1. The fraction of sp³-hybridized carbons (Fsp3) is 0.455. The molecule has 32 heavy (non-hydrogen) atoms. The largest absolute Gasteiger partial charge is 0.454 e. The van der Waals surface area contributed by atoms with Gasteiger partial charge in [-0.15, -0.1) is 0 Å². The predicted octanol–water partition coefficient (Wildman–Crippen LogP) is 2.12. The lowest BCUT2D eigenvalue weighted by molar-refractivity contribution is -0.125. The summed E-state index contributed by atoms with van der Waals surface area (Å²) in [7, 11) is 0. The standard InChI is InChI=1S/C22H23N5O4S/c28-20(24-15-2-3-15)14-5-7-26(8-6-14)22-25-19-18(32-22)21(29)27(11-23-19)10-13-1-4-16-17(9-13)31-12-30-16/h1,4,9,11,14-15H,2-3,5-8,10,12H2,(H,24,28). The maximum Gasteiger partial charge on any atom is 0.273 e. The number of nitrogens with one attached hydrogen (secondary N) is 1. The first-order chi connectivity index (χ1) is 15.6. The zero-order chi connectivity index (χ0) is 21.7. The first-order valence-electron chi connectivity index (χ1n) is 10.9. The van der Waals surface area contributed by atoms with Crippen LogP contribution in [0.15, 0.2) is 29.3 Å². The molecule has 1 aliphatic carbocycles. The van der Waals surface area contributed by atoms with Crippen LogP contribution in [-0.2, 0) is 11.3 Å². The average Bonchev–Trinajstić information content (AvgIpc) is 3.32. The molecule has 9 nitrogen and oxygen atoms in total. The third-order valence-corrected chi connectivity index (χ3v) is 7.32. The molecule has 2 aromatic heterocycles. The predicted molar refractivity (Wildman–Crippen MR) is 119 cm³/mol. The van der Waals surface area contributed by atoms with Gasteiger partial charge in [-0.25, -0.2) is 4.98 Å². The first kappa shape index (κ1) is 19.5. The minimum atomic E-state index is -0.102. The van der Waals surface area contributed by atoms with E-state index in [1.165, 1.54) is 11.3 Å². The van der Waals surface area contributed by atoms with Crippen LogP contribution in [0.5, 0.6) is 11.5 Å². The minimum Gasteiger partial charge on any atom is -0.454 e. The van der Waals surface area contributed by atoms with E-state index in [2.05, 4.69) is 20.2 Å². The molecule has 3 aromatic rings. The van der Waals surface area contributed by atoms with E-state index < -0.39 is 0 Å². The number of ether oxygens (including phenoxy) is 2. The number of aromatic nitrogens is 3. The fourth-order valence-electron chi connectivity index (χ4n) is 4.20. The van der Waals surface area contributed by atoms with Gasteiger partial charge in [0.05, 0.1) is 6.54 Å². The van der Waals surface area contributed by atoms with Crippen LogP contribution in [0.1, 0.15) is 31.2 Å². The van der Waals surface area contributed by atoms with E-state index in [1.54, 1.807) is 10.9 Å². The summed E-state index contributed by atoms with van der Waals surface area (Å²) in [5.41, 5.74) is 1.31. The molecule has 3 aliphatic rings. The highest BCUT2D eigenvalue weighted by atomic mass is 32.1. The van der Waals surface area contributed by atoms with Gasteiger partial charge in [0.25, 0.3) is 5.56 Å². The Hall–Kier alpha value is -3.14. The van der Waals surface area contributed by atoms with Gasteiger partial charge in [0.2, 0.25) is 12.7 Å². The lowest BCUT2D eigenvalue weighted by Gasteiger charge is -2.30. The second-order valence-corrected chi connectivity index (χ2v) is 9.54. The highest BCUT2D eigenvalue weighted by Crippen LogP contribution is 2.33. The van der Waals surface area contributed by atoms with Crippen LogP contribution in [0.3, 0.4) is 0 Å². The molecule has 0 spiro atoms. The minimum absolute atomic E-state index is 0.0679. The van der Waals surface area contributed by atoms with E-state index in [4.69, 9.17) is 9.47 Å². The molecule has 6 rings (SSSR count). The van der Waals surface area contributed by atoms with Gasteiger partial charge in [-0.1, -0.05) is 17.4 Å². The zero-order valence-electron chi connectivity index (χ0n) is 17.5. The van der Waals surface area contributed by atoms with E-state index in [1.807, 2.05) is 18.2 Å². The third-order valence-electron chi connectivity index (χ3n) is 6.22. The molecule has 0 radical (unpaired) electrons. The summed E-state index contributed by atoms with van der Waals surface area (Å²) >= 11 is 1.38. The Bertz CT molecular complexity index is 1240. The topological polar surface area (TPSA) is 98.6 Å². The molecule has 0 atom stereocenters. The molecule has 1 saturated carbocycles. The van der Waals surface area contributed by atoms with Gasteiger partial charge in [-0.3, -0.25) is 14.2 Å². The molecular formula is C22H23N5O4S. The molecule has 1 amide bonds. The number of rotatable bonds is 5. The van der Waals surface area contributed by atoms with Crippen molar-refractivity contribution < 1.29 is 14.3 Å². The molecule has 1 saturated heterocycles. The van der Waals surface area contributed by atoms with Gasteiger partial charge in [0.1, 0.15) is 11.0 Å². The molecule has 4 heterocycles. The number of anilines is 1. The number of piperidine rings is 1. The Balaban J connectivity index is 1.18. The highest BCUT2D eigenvalue weighted by Gasteiger charge is 2.30. The van der Waals surface area contributed by atoms with Crippen molar-refractivity contribution in [1.82, 2.24) is 19.9 Å². The molecule has 0 bridgehead atoms. The Kier molecular flexibility index (Phi) is 4.74. The number of amides is 1. The quantitative estimate of drug-likeness (QED) is 0.632. The summed E-state index contributed by atoms with van der Waals surface area (Å²) in [5, 5.41) is 3.91. The van der Waals surface area contributed by atoms with Crippen LogP contribution in [0.2, 0.25) is 0 Å². The van der Waals surface area contributed by atoms with Gasteiger partial charge in [0, 0.05) is 25.0 Å². The van der Waals surface area contributed by atoms with Crippen molar-refractivity contribution in [3.63, 3.8) is 0 Å². The Morgan fingerprint density at radius 2 is 1.97 bits per heavy atom. The second-order valence-electron chi connectivity index (χ2n) is 8.56. The number of fused-ring (bicyclic) bond motifs is 2. The van der Waals surface area contributed by atoms with Gasteiger partial charge < -0.3 is 19.7 Å². The smallest absolute Gasteiger partial charge is 0.273 e. The summed E-state index contributed by atoms with van der Waals surface area (Å²) in [6.45, 7) is 2.13. The zero-order valence-corrected chi connectivity index (χ0v) is 18.3. The number of hydrogen-bond acceptors (Lipinski definition) is 8. The third kappa shape index (κ3) is 3.68. The average molecular weight is 454 g/mol. The molecular weight excluding hydrogens is 430 g/mol. The monoisotopic (exact) mass is 453 g/mol. The first-order valence-corrected chi connectivity index (χ1v) is 11.8. The van der Waals surface area contributed by atoms with Crippen molar-refractivity contribution in [3.05, 3.63) is 40.4 Å². The number of thiazole rings is 1. The van der Waals surface area contributed by atoms with Crippen LogP contribution in [0.25, 0.3) is 10.3 Å². The molecule has 0 unspecified atom stereocenters.